The number of nitrogens with zero attached hydrogens (tertiary/aromatic N) is 1. The van der Waals surface area contributed by atoms with Crippen LogP contribution in [-0.2, 0) is 0 Å². The first kappa shape index (κ1) is 12.4. The van der Waals surface area contributed by atoms with Crippen LogP contribution in [-0.4, -0.2) is 29.0 Å². The van der Waals surface area contributed by atoms with Crippen molar-refractivity contribution in [3.05, 3.63) is 35.0 Å². The normalized spacial score (nSPS) is 17.0. The third-order valence-corrected chi connectivity index (χ3v) is 4.09. The van der Waals surface area contributed by atoms with Crippen molar-refractivity contribution in [1.29, 1.82) is 0 Å². The minimum atomic E-state index is -0.318. The zero-order chi connectivity index (χ0) is 13.4. The number of carbonyl (C=O) groups is 1. The molecule has 5 heteroatoms. The number of rotatable bonds is 1. The van der Waals surface area contributed by atoms with E-state index in [0.29, 0.717) is 5.92 Å². The molecule has 100 valence electrons. The first-order valence-corrected chi connectivity index (χ1v) is 6.84. The van der Waals surface area contributed by atoms with E-state index in [9.17, 15) is 4.79 Å². The van der Waals surface area contributed by atoms with Crippen LogP contribution in [0.5, 0.6) is 0 Å². The fourth-order valence-corrected chi connectivity index (χ4v) is 2.94. The van der Waals surface area contributed by atoms with Crippen molar-refractivity contribution in [3.63, 3.8) is 0 Å². The van der Waals surface area contributed by atoms with Gasteiger partial charge in [0.1, 0.15) is 0 Å². The van der Waals surface area contributed by atoms with E-state index in [-0.39, 0.29) is 6.03 Å². The lowest BCUT2D eigenvalue weighted by Gasteiger charge is -2.30. The number of nitrogens with two attached hydrogens (primary N) is 1. The van der Waals surface area contributed by atoms with Crippen molar-refractivity contribution < 1.29 is 4.79 Å². The minimum Gasteiger partial charge on any atom is -0.358 e. The molecule has 0 unspecified atom stereocenters. The summed E-state index contributed by atoms with van der Waals surface area (Å²) in [6.45, 7) is 1.46. The fourth-order valence-electron chi connectivity index (χ4n) is 2.76. The Kier molecular flexibility index (Phi) is 3.11. The van der Waals surface area contributed by atoms with Crippen LogP contribution < -0.4 is 5.73 Å². The van der Waals surface area contributed by atoms with Gasteiger partial charge in [0, 0.05) is 40.6 Å². The number of urea groups is 1. The highest BCUT2D eigenvalue weighted by Gasteiger charge is 2.23. The van der Waals surface area contributed by atoms with Crippen LogP contribution in [0.3, 0.4) is 0 Å². The third-order valence-electron chi connectivity index (χ3n) is 3.85. The van der Waals surface area contributed by atoms with Crippen LogP contribution >= 0.6 is 11.6 Å². The number of primary amides is 1. The van der Waals surface area contributed by atoms with E-state index >= 15 is 0 Å². The van der Waals surface area contributed by atoms with Gasteiger partial charge in [-0.1, -0.05) is 11.6 Å². The number of carbonyl (C=O) groups excluding carboxylic acids is 1. The van der Waals surface area contributed by atoms with Gasteiger partial charge in [0.25, 0.3) is 0 Å². The van der Waals surface area contributed by atoms with Crippen LogP contribution in [0.2, 0.25) is 5.02 Å². The van der Waals surface area contributed by atoms with E-state index in [1.165, 1.54) is 5.69 Å². The lowest BCUT2D eigenvalue weighted by molar-refractivity contribution is 0.190. The molecular formula is C14H16ClN3O. The largest absolute Gasteiger partial charge is 0.358 e. The zero-order valence-electron chi connectivity index (χ0n) is 10.5. The molecule has 4 nitrogen and oxygen atoms in total. The highest BCUT2D eigenvalue weighted by atomic mass is 35.5. The van der Waals surface area contributed by atoms with Crippen molar-refractivity contribution in [2.24, 2.45) is 5.73 Å². The number of amides is 2. The Labute approximate surface area is 116 Å². The summed E-state index contributed by atoms with van der Waals surface area (Å²) in [7, 11) is 0. The summed E-state index contributed by atoms with van der Waals surface area (Å²) in [5.41, 5.74) is 7.63. The molecule has 3 N–H and O–H groups in total. The van der Waals surface area contributed by atoms with Crippen LogP contribution in [0, 0.1) is 0 Å². The number of nitrogens with one attached hydrogen (secondary N) is 1. The number of aromatic amines is 1. The summed E-state index contributed by atoms with van der Waals surface area (Å²) < 4.78 is 0. The molecule has 0 atom stereocenters. The van der Waals surface area contributed by atoms with E-state index in [2.05, 4.69) is 11.1 Å². The number of fused-ring (bicyclic) bond motifs is 1. The third kappa shape index (κ3) is 2.40. The molecule has 0 bridgehead atoms. The van der Waals surface area contributed by atoms with Crippen molar-refractivity contribution in [3.8, 4) is 0 Å². The number of likely N-dealkylation sites (tertiary alicyclic amines) is 1. The van der Waals surface area contributed by atoms with Gasteiger partial charge in [-0.25, -0.2) is 4.79 Å². The topological polar surface area (TPSA) is 62.1 Å². The van der Waals surface area contributed by atoms with Gasteiger partial charge in [0.05, 0.1) is 0 Å². The number of benzene rings is 1. The monoisotopic (exact) mass is 277 g/mol. The molecule has 0 saturated carbocycles. The van der Waals surface area contributed by atoms with Gasteiger partial charge in [-0.2, -0.15) is 0 Å². The van der Waals surface area contributed by atoms with Crippen LogP contribution in [0.1, 0.15) is 24.5 Å². The molecule has 2 aromatic rings. The Morgan fingerprint density at radius 3 is 2.74 bits per heavy atom. The number of hydrogen-bond acceptors (Lipinski definition) is 1. The highest BCUT2D eigenvalue weighted by molar-refractivity contribution is 6.31. The Hall–Kier alpha value is -1.68. The lowest BCUT2D eigenvalue weighted by Crippen LogP contribution is -2.41. The molecule has 1 aliphatic heterocycles. The number of hydrogen-bond donors (Lipinski definition) is 2. The molecule has 19 heavy (non-hydrogen) atoms. The van der Waals surface area contributed by atoms with E-state index in [1.54, 1.807) is 4.90 Å². The smallest absolute Gasteiger partial charge is 0.314 e. The van der Waals surface area contributed by atoms with Gasteiger partial charge in [-0.3, -0.25) is 0 Å². The summed E-state index contributed by atoms with van der Waals surface area (Å²) in [5.74, 6) is 0.460. The van der Waals surface area contributed by atoms with Gasteiger partial charge >= 0.3 is 6.03 Å². The molecule has 0 spiro atoms. The second-order valence-corrected chi connectivity index (χ2v) is 5.49. The Morgan fingerprint density at radius 2 is 2.05 bits per heavy atom. The highest BCUT2D eigenvalue weighted by Crippen LogP contribution is 2.30. The van der Waals surface area contributed by atoms with Crippen molar-refractivity contribution in [2.75, 3.05) is 13.1 Å². The molecule has 1 saturated heterocycles. The summed E-state index contributed by atoms with van der Waals surface area (Å²) in [5, 5.41) is 1.89. The second kappa shape index (κ2) is 4.78. The molecule has 0 radical (unpaired) electrons. The number of piperidine rings is 1. The number of aromatic nitrogens is 1. The molecule has 2 heterocycles. The molecule has 1 aromatic heterocycles. The quantitative estimate of drug-likeness (QED) is 0.827. The Bertz CT molecular complexity index is 614. The maximum Gasteiger partial charge on any atom is 0.314 e. The van der Waals surface area contributed by atoms with E-state index in [1.807, 2.05) is 18.2 Å². The maximum absolute atomic E-state index is 11.1. The van der Waals surface area contributed by atoms with E-state index in [0.717, 1.165) is 41.9 Å². The molecule has 2 amide bonds. The number of H-pyrrole nitrogens is 1. The first-order valence-electron chi connectivity index (χ1n) is 6.46. The standard InChI is InChI=1S/C14H16ClN3O/c15-11-1-2-12-10(7-11)8-13(17-12)9-3-5-18(6-4-9)14(16)19/h1-2,7-9,17H,3-6H2,(H2,16,19). The first-order chi connectivity index (χ1) is 9.13. The van der Waals surface area contributed by atoms with Crippen molar-refractivity contribution >= 4 is 28.5 Å². The molecule has 1 fully saturated rings. The summed E-state index contributed by atoms with van der Waals surface area (Å²) in [6, 6.07) is 7.70. The maximum atomic E-state index is 11.1. The Morgan fingerprint density at radius 1 is 1.32 bits per heavy atom. The summed E-state index contributed by atoms with van der Waals surface area (Å²) in [6.07, 6.45) is 1.90. The second-order valence-electron chi connectivity index (χ2n) is 5.06. The number of halogens is 1. The van der Waals surface area contributed by atoms with Gasteiger partial charge in [-0.05, 0) is 37.1 Å². The summed E-state index contributed by atoms with van der Waals surface area (Å²) in [4.78, 5) is 16.2. The van der Waals surface area contributed by atoms with E-state index < -0.39 is 0 Å². The minimum absolute atomic E-state index is 0.318. The van der Waals surface area contributed by atoms with Crippen LogP contribution in [0.15, 0.2) is 24.3 Å². The lowest BCUT2D eigenvalue weighted by atomic mass is 9.94. The molecule has 0 aliphatic carbocycles. The predicted octanol–water partition coefficient (Wildman–Crippen LogP) is 3.08. The molecule has 1 aliphatic rings. The van der Waals surface area contributed by atoms with Gasteiger partial charge in [0.2, 0.25) is 0 Å². The van der Waals surface area contributed by atoms with Gasteiger partial charge in [-0.15, -0.1) is 0 Å². The van der Waals surface area contributed by atoms with Gasteiger partial charge in [0.15, 0.2) is 0 Å². The SMILES string of the molecule is NC(=O)N1CCC(c2cc3cc(Cl)ccc3[nH]2)CC1. The van der Waals surface area contributed by atoms with Crippen LogP contribution in [0.4, 0.5) is 4.79 Å². The summed E-state index contributed by atoms with van der Waals surface area (Å²) >= 11 is 6.00. The Balaban J connectivity index is 1.80. The molecule has 3 rings (SSSR count). The van der Waals surface area contributed by atoms with Crippen molar-refractivity contribution in [2.45, 2.75) is 18.8 Å². The zero-order valence-corrected chi connectivity index (χ0v) is 11.3. The van der Waals surface area contributed by atoms with Crippen LogP contribution in [0.25, 0.3) is 10.9 Å². The average Bonchev–Trinajstić information content (AvgIpc) is 2.81. The predicted molar refractivity (Wildman–Crippen MR) is 76.4 cm³/mol. The molecule has 1 aromatic carbocycles. The molecular weight excluding hydrogens is 262 g/mol. The van der Waals surface area contributed by atoms with Crippen molar-refractivity contribution in [1.82, 2.24) is 9.88 Å². The fraction of sp³-hybridized carbons (Fsp3) is 0.357. The average molecular weight is 278 g/mol. The van der Waals surface area contributed by atoms with E-state index in [4.69, 9.17) is 17.3 Å². The van der Waals surface area contributed by atoms with Gasteiger partial charge < -0.3 is 15.6 Å².